The molecule has 1 aliphatic rings. The minimum absolute atomic E-state index is 0.0558. The Kier molecular flexibility index (Phi) is 3.05. The zero-order chi connectivity index (χ0) is 9.19. The Balaban J connectivity index is 2.52. The van der Waals surface area contributed by atoms with Crippen LogP contribution in [0.15, 0.2) is 0 Å². The molecule has 0 spiro atoms. The standard InChI is InChI=1S/C6H14N2O3S/c1-11-6-4-7-3-5(6)8-12(2,9)10/h5-8H,3-4H2,1-2H3. The first-order valence-electron chi connectivity index (χ1n) is 3.74. The molecule has 1 fully saturated rings. The molecule has 0 saturated carbocycles. The molecule has 0 radical (unpaired) electrons. The van der Waals surface area contributed by atoms with E-state index in [2.05, 4.69) is 10.0 Å². The largest absolute Gasteiger partial charge is 0.378 e. The van der Waals surface area contributed by atoms with Gasteiger partial charge in [0.05, 0.1) is 18.4 Å². The highest BCUT2D eigenvalue weighted by Crippen LogP contribution is 2.04. The first-order valence-corrected chi connectivity index (χ1v) is 5.63. The second-order valence-corrected chi connectivity index (χ2v) is 4.71. The molecule has 1 rings (SSSR count). The van der Waals surface area contributed by atoms with Crippen molar-refractivity contribution in [3.63, 3.8) is 0 Å². The molecule has 1 saturated heterocycles. The van der Waals surface area contributed by atoms with Crippen LogP contribution in [0.5, 0.6) is 0 Å². The molecule has 72 valence electrons. The molecule has 1 heterocycles. The molecule has 6 heteroatoms. The number of nitrogens with one attached hydrogen (secondary N) is 2. The van der Waals surface area contributed by atoms with E-state index in [0.29, 0.717) is 13.1 Å². The van der Waals surface area contributed by atoms with Gasteiger partial charge in [0.25, 0.3) is 0 Å². The molecule has 0 aliphatic carbocycles. The van der Waals surface area contributed by atoms with Crippen LogP contribution in [0.3, 0.4) is 0 Å². The molecule has 0 aromatic rings. The molecular weight excluding hydrogens is 180 g/mol. The van der Waals surface area contributed by atoms with E-state index in [4.69, 9.17) is 4.74 Å². The lowest BCUT2D eigenvalue weighted by atomic mass is 10.2. The first-order chi connectivity index (χ1) is 5.53. The van der Waals surface area contributed by atoms with Crippen molar-refractivity contribution in [1.29, 1.82) is 0 Å². The van der Waals surface area contributed by atoms with Gasteiger partial charge >= 0.3 is 0 Å². The topological polar surface area (TPSA) is 67.4 Å². The van der Waals surface area contributed by atoms with Crippen LogP contribution in [0.2, 0.25) is 0 Å². The van der Waals surface area contributed by atoms with E-state index < -0.39 is 10.0 Å². The van der Waals surface area contributed by atoms with Gasteiger partial charge in [-0.1, -0.05) is 0 Å². The van der Waals surface area contributed by atoms with Crippen molar-refractivity contribution in [3.05, 3.63) is 0 Å². The Morgan fingerprint density at radius 2 is 2.17 bits per heavy atom. The summed E-state index contributed by atoms with van der Waals surface area (Å²) < 4.78 is 29.3. The van der Waals surface area contributed by atoms with Crippen LogP contribution >= 0.6 is 0 Å². The minimum atomic E-state index is -3.12. The Hall–Kier alpha value is -0.170. The Morgan fingerprint density at radius 3 is 2.67 bits per heavy atom. The predicted octanol–water partition coefficient (Wildman–Crippen LogP) is -1.48. The maximum absolute atomic E-state index is 10.9. The highest BCUT2D eigenvalue weighted by Gasteiger charge is 2.28. The van der Waals surface area contributed by atoms with E-state index in [-0.39, 0.29) is 12.1 Å². The third-order valence-corrected chi connectivity index (χ3v) is 2.56. The molecule has 0 aromatic carbocycles. The third-order valence-electron chi connectivity index (χ3n) is 1.83. The van der Waals surface area contributed by atoms with Gasteiger partial charge in [-0.05, 0) is 0 Å². The number of rotatable bonds is 3. The normalized spacial score (nSPS) is 30.8. The lowest BCUT2D eigenvalue weighted by Crippen LogP contribution is -2.42. The second-order valence-electron chi connectivity index (χ2n) is 2.93. The van der Waals surface area contributed by atoms with Crippen molar-refractivity contribution in [3.8, 4) is 0 Å². The third kappa shape index (κ3) is 2.71. The molecular formula is C6H14N2O3S. The molecule has 2 unspecified atom stereocenters. The smallest absolute Gasteiger partial charge is 0.209 e. The van der Waals surface area contributed by atoms with Gasteiger partial charge in [0.15, 0.2) is 0 Å². The van der Waals surface area contributed by atoms with Crippen molar-refractivity contribution >= 4 is 10.0 Å². The summed E-state index contributed by atoms with van der Waals surface area (Å²) in [5.41, 5.74) is 0. The van der Waals surface area contributed by atoms with Gasteiger partial charge in [-0.2, -0.15) is 0 Å². The molecule has 5 nitrogen and oxygen atoms in total. The fourth-order valence-electron chi connectivity index (χ4n) is 1.29. The quantitative estimate of drug-likeness (QED) is 0.575. The van der Waals surface area contributed by atoms with E-state index in [9.17, 15) is 8.42 Å². The molecule has 0 bridgehead atoms. The van der Waals surface area contributed by atoms with Crippen LogP contribution in [0.25, 0.3) is 0 Å². The van der Waals surface area contributed by atoms with Crippen LogP contribution in [0.4, 0.5) is 0 Å². The average molecular weight is 194 g/mol. The Labute approximate surface area is 72.5 Å². The lowest BCUT2D eigenvalue weighted by molar-refractivity contribution is 0.103. The Morgan fingerprint density at radius 1 is 1.50 bits per heavy atom. The molecule has 0 aromatic heterocycles. The van der Waals surface area contributed by atoms with E-state index in [1.165, 1.54) is 0 Å². The van der Waals surface area contributed by atoms with Gasteiger partial charge in [0.1, 0.15) is 0 Å². The van der Waals surface area contributed by atoms with Gasteiger partial charge in [-0.3, -0.25) is 0 Å². The van der Waals surface area contributed by atoms with Crippen LogP contribution in [0, 0.1) is 0 Å². The summed E-state index contributed by atoms with van der Waals surface area (Å²) in [6.07, 6.45) is 1.10. The van der Waals surface area contributed by atoms with Crippen molar-refractivity contribution in [1.82, 2.24) is 10.0 Å². The molecule has 12 heavy (non-hydrogen) atoms. The van der Waals surface area contributed by atoms with Gasteiger partial charge in [0, 0.05) is 20.2 Å². The molecule has 2 N–H and O–H groups in total. The fourth-order valence-corrected chi connectivity index (χ4v) is 2.08. The summed E-state index contributed by atoms with van der Waals surface area (Å²) in [4.78, 5) is 0. The highest BCUT2D eigenvalue weighted by molar-refractivity contribution is 7.88. The van der Waals surface area contributed by atoms with Gasteiger partial charge in [0.2, 0.25) is 10.0 Å². The summed E-state index contributed by atoms with van der Waals surface area (Å²) in [7, 11) is -1.54. The van der Waals surface area contributed by atoms with Crippen molar-refractivity contribution in [2.75, 3.05) is 26.5 Å². The number of ether oxygens (including phenoxy) is 1. The SMILES string of the molecule is COC1CNCC1NS(C)(=O)=O. The first kappa shape index (κ1) is 9.91. The summed E-state index contributed by atoms with van der Waals surface area (Å²) >= 11 is 0. The second kappa shape index (κ2) is 3.69. The number of methoxy groups -OCH3 is 1. The van der Waals surface area contributed by atoms with Crippen molar-refractivity contribution in [2.45, 2.75) is 12.1 Å². The van der Waals surface area contributed by atoms with Crippen molar-refractivity contribution in [2.24, 2.45) is 0 Å². The van der Waals surface area contributed by atoms with E-state index >= 15 is 0 Å². The van der Waals surface area contributed by atoms with Crippen molar-refractivity contribution < 1.29 is 13.2 Å². The zero-order valence-electron chi connectivity index (χ0n) is 7.20. The Bertz CT molecular complexity index is 239. The lowest BCUT2D eigenvalue weighted by Gasteiger charge is -2.16. The number of hydrogen-bond donors (Lipinski definition) is 2. The number of sulfonamides is 1. The summed E-state index contributed by atoms with van der Waals surface area (Å²) in [5, 5.41) is 3.04. The van der Waals surface area contributed by atoms with Gasteiger partial charge in [-0.25, -0.2) is 13.1 Å². The fraction of sp³-hybridized carbons (Fsp3) is 1.00. The monoisotopic (exact) mass is 194 g/mol. The van der Waals surface area contributed by atoms with Crippen LogP contribution in [-0.4, -0.2) is 47.0 Å². The number of hydrogen-bond acceptors (Lipinski definition) is 4. The van der Waals surface area contributed by atoms with Crippen LogP contribution < -0.4 is 10.0 Å². The van der Waals surface area contributed by atoms with E-state index in [1.807, 2.05) is 0 Å². The average Bonchev–Trinajstić information content (AvgIpc) is 2.31. The zero-order valence-corrected chi connectivity index (χ0v) is 8.02. The summed E-state index contributed by atoms with van der Waals surface area (Å²) in [6, 6.07) is -0.134. The van der Waals surface area contributed by atoms with E-state index in [1.54, 1.807) is 7.11 Å². The van der Waals surface area contributed by atoms with E-state index in [0.717, 1.165) is 6.26 Å². The molecule has 1 aliphatic heterocycles. The molecule has 0 amide bonds. The van der Waals surface area contributed by atoms with Gasteiger partial charge in [-0.15, -0.1) is 0 Å². The molecule has 2 atom stereocenters. The maximum Gasteiger partial charge on any atom is 0.209 e. The van der Waals surface area contributed by atoms with Crippen LogP contribution in [0.1, 0.15) is 0 Å². The summed E-state index contributed by atoms with van der Waals surface area (Å²) in [5.74, 6) is 0. The predicted molar refractivity (Wildman–Crippen MR) is 45.4 cm³/mol. The highest BCUT2D eigenvalue weighted by atomic mass is 32.2. The summed E-state index contributed by atoms with van der Waals surface area (Å²) in [6.45, 7) is 1.33. The minimum Gasteiger partial charge on any atom is -0.378 e. The van der Waals surface area contributed by atoms with Gasteiger partial charge < -0.3 is 10.1 Å². The maximum atomic E-state index is 10.9. The van der Waals surface area contributed by atoms with Crippen LogP contribution in [-0.2, 0) is 14.8 Å².